The number of amides is 2. The van der Waals surface area contributed by atoms with E-state index in [1.165, 1.54) is 4.90 Å². The Hall–Kier alpha value is -10.7. The van der Waals surface area contributed by atoms with Crippen LogP contribution < -0.4 is 14.7 Å². The lowest BCUT2D eigenvalue weighted by atomic mass is 9.89. The molecule has 2 amide bonds. The van der Waals surface area contributed by atoms with Gasteiger partial charge in [0.2, 0.25) is 11.8 Å². The molecule has 5 aliphatic heterocycles. The molecule has 13 rings (SSSR count). The predicted octanol–water partition coefficient (Wildman–Crippen LogP) is 11.5. The van der Waals surface area contributed by atoms with Crippen molar-refractivity contribution in [2.24, 2.45) is 11.8 Å². The van der Waals surface area contributed by atoms with E-state index in [1.54, 1.807) is 69.0 Å². The van der Waals surface area contributed by atoms with Crippen molar-refractivity contribution in [2.75, 3.05) is 41.1 Å². The maximum absolute atomic E-state index is 15.2. The number of aromatic nitrogens is 4. The molecule has 5 aliphatic rings. The van der Waals surface area contributed by atoms with Crippen molar-refractivity contribution < 1.29 is 47.7 Å². The Balaban J connectivity index is 0.923. The normalized spacial score (nSPS) is 19.1. The molecule has 6 atom stereocenters. The van der Waals surface area contributed by atoms with Gasteiger partial charge in [-0.15, -0.1) is 0 Å². The second kappa shape index (κ2) is 23.1. The number of nitrogens with one attached hydrogen (secondary N) is 2. The molecule has 0 radical (unpaired) electrons. The smallest absolute Gasteiger partial charge is 0.331 e. The van der Waals surface area contributed by atoms with Gasteiger partial charge in [-0.1, -0.05) is 103 Å². The van der Waals surface area contributed by atoms with Gasteiger partial charge in [-0.05, 0) is 135 Å². The molecule has 0 aliphatic carbocycles. The standard InChI is InChI=1S/C70H59N7O10/c1-5-84-67(80)61-59-60(62(68(81)85-6-2)75(61)44-28-30-45(31-29-44)76-63(69(82)86-7-3)64(76)70(83)87-8-4)66(79)77(65(59)78)46-26-24-43(25-27-46)58-53-38-36-51(73-53)56(41-20-14-10-15-21-41)49-34-32-47(71-49)55(40-18-12-9-13-19-40)48-33-35-50(72-48)57(42-22-16-11-17-23-42)52-37-39-54(58)74-52/h9-39,59-64,71,74H,5-8H2,1-4H3/t59?,60?,61-,62-,63-,64+,76?/m1/s1. The lowest BCUT2D eigenvalue weighted by molar-refractivity contribution is -0.147. The highest BCUT2D eigenvalue weighted by Gasteiger charge is 2.67. The lowest BCUT2D eigenvalue weighted by Crippen LogP contribution is -2.51. The van der Waals surface area contributed by atoms with Crippen molar-refractivity contribution in [3.05, 3.63) is 187 Å². The summed E-state index contributed by atoms with van der Waals surface area (Å²) in [4.78, 5) is 108. The van der Waals surface area contributed by atoms with Gasteiger partial charge < -0.3 is 38.7 Å². The number of carbonyl (C=O) groups excluding carboxylic acids is 6. The Morgan fingerprint density at radius 3 is 0.954 bits per heavy atom. The number of ether oxygens (including phenoxy) is 4. The molecule has 3 saturated heterocycles. The van der Waals surface area contributed by atoms with Crippen LogP contribution in [-0.4, -0.2) is 106 Å². The Kier molecular flexibility index (Phi) is 14.7. The number of hydrogen-bond acceptors (Lipinski definition) is 14. The molecule has 3 aromatic heterocycles. The number of fused-ring (bicyclic) bond motifs is 9. The number of H-pyrrole nitrogens is 2. The fourth-order valence-corrected chi connectivity index (χ4v) is 12.7. The number of benzene rings is 5. The van der Waals surface area contributed by atoms with Crippen molar-refractivity contribution in [3.8, 4) is 44.5 Å². The Morgan fingerprint density at radius 1 is 0.368 bits per heavy atom. The number of esters is 4. The molecule has 8 aromatic rings. The molecular formula is C70H59N7O10. The van der Waals surface area contributed by atoms with Crippen LogP contribution in [0.4, 0.5) is 17.1 Å². The third kappa shape index (κ3) is 9.79. The topological polar surface area (TPSA) is 206 Å². The van der Waals surface area contributed by atoms with Crippen molar-refractivity contribution in [2.45, 2.75) is 51.9 Å². The minimum absolute atomic E-state index is 0.0546. The SMILES string of the molecule is CCOC(=O)[C@@H]1[C@H](C(=O)OCC)N1c1ccc(N2[C@@H](C(=O)OCC)C3C(=O)N(c4ccc(-c5c6nc(c(-c7ccccc7)c7ccc([nH]7)c(-c7ccccc7)c7nc(c(-c8ccccc8)c8ccc5[nH]8)C=C7)C=C6)cc4)C(=O)C3[C@@H]2C(=O)OCC)cc1. The van der Waals surface area contributed by atoms with Gasteiger partial charge in [-0.2, -0.15) is 0 Å². The highest BCUT2D eigenvalue weighted by atomic mass is 16.6. The molecule has 2 unspecified atom stereocenters. The maximum Gasteiger partial charge on any atom is 0.331 e. The van der Waals surface area contributed by atoms with Crippen molar-refractivity contribution in [1.29, 1.82) is 0 Å². The molecule has 434 valence electrons. The average Bonchev–Trinajstić information content (AvgIpc) is 1.57. The van der Waals surface area contributed by atoms with E-state index in [-0.39, 0.29) is 37.8 Å². The summed E-state index contributed by atoms with van der Waals surface area (Å²) in [5.41, 5.74) is 14.2. The predicted molar refractivity (Wildman–Crippen MR) is 333 cm³/mol. The van der Waals surface area contributed by atoms with Gasteiger partial charge in [0.05, 0.1) is 66.7 Å². The first-order valence-corrected chi connectivity index (χ1v) is 29.2. The van der Waals surface area contributed by atoms with Gasteiger partial charge in [-0.3, -0.25) is 9.59 Å². The number of imide groups is 1. The van der Waals surface area contributed by atoms with E-state index in [1.807, 2.05) is 91.0 Å². The Morgan fingerprint density at radius 2 is 0.644 bits per heavy atom. The summed E-state index contributed by atoms with van der Waals surface area (Å²) < 4.78 is 21.8. The summed E-state index contributed by atoms with van der Waals surface area (Å²) in [6.07, 6.45) is 8.11. The van der Waals surface area contributed by atoms with Gasteiger partial charge in [0, 0.05) is 55.7 Å². The van der Waals surface area contributed by atoms with Gasteiger partial charge in [-0.25, -0.2) is 34.0 Å². The van der Waals surface area contributed by atoms with Crippen LogP contribution in [0.3, 0.4) is 0 Å². The molecule has 17 nitrogen and oxygen atoms in total. The van der Waals surface area contributed by atoms with Crippen LogP contribution in [-0.2, 0) is 47.7 Å². The highest BCUT2D eigenvalue weighted by Crippen LogP contribution is 2.49. The fourth-order valence-electron chi connectivity index (χ4n) is 12.7. The number of nitrogens with zero attached hydrogens (tertiary/aromatic N) is 5. The van der Waals surface area contributed by atoms with Crippen molar-refractivity contribution in [3.63, 3.8) is 0 Å². The molecule has 87 heavy (non-hydrogen) atoms. The van der Waals surface area contributed by atoms with E-state index in [0.29, 0.717) is 22.6 Å². The summed E-state index contributed by atoms with van der Waals surface area (Å²) in [5.74, 6) is -6.97. The molecule has 3 fully saturated rings. The molecule has 8 heterocycles. The molecule has 5 aromatic carbocycles. The van der Waals surface area contributed by atoms with Crippen LogP contribution in [0.5, 0.6) is 0 Å². The van der Waals surface area contributed by atoms with Gasteiger partial charge in [0.1, 0.15) is 12.1 Å². The number of carbonyl (C=O) groups is 6. The van der Waals surface area contributed by atoms with E-state index in [0.717, 1.165) is 77.3 Å². The second-order valence-electron chi connectivity index (χ2n) is 21.3. The number of anilines is 3. The lowest BCUT2D eigenvalue weighted by Gasteiger charge is -2.33. The van der Waals surface area contributed by atoms with Crippen molar-refractivity contribution >= 4 is 99.1 Å². The van der Waals surface area contributed by atoms with E-state index >= 15 is 9.59 Å². The molecule has 8 bridgehead atoms. The summed E-state index contributed by atoms with van der Waals surface area (Å²) in [5, 5.41) is 0. The zero-order valence-electron chi connectivity index (χ0n) is 48.0. The van der Waals surface area contributed by atoms with Gasteiger partial charge in [0.25, 0.3) is 0 Å². The van der Waals surface area contributed by atoms with Crippen LogP contribution in [0.15, 0.2) is 164 Å². The molecule has 0 spiro atoms. The largest absolute Gasteiger partial charge is 0.464 e. The quantitative estimate of drug-likeness (QED) is 0.0424. The first kappa shape index (κ1) is 55.5. The average molecular weight is 1160 g/mol. The zero-order valence-corrected chi connectivity index (χ0v) is 48.0. The maximum atomic E-state index is 15.2. The van der Waals surface area contributed by atoms with Crippen LogP contribution in [0.1, 0.15) is 50.5 Å². The number of aromatic amines is 2. The minimum atomic E-state index is -1.45. The van der Waals surface area contributed by atoms with Crippen LogP contribution in [0, 0.1) is 11.8 Å². The molecular weight excluding hydrogens is 1100 g/mol. The Bertz CT molecular complexity index is 4190. The molecule has 2 N–H and O–H groups in total. The summed E-state index contributed by atoms with van der Waals surface area (Å²) in [7, 11) is 0. The van der Waals surface area contributed by atoms with Crippen LogP contribution in [0.25, 0.3) is 90.9 Å². The first-order chi connectivity index (χ1) is 42.5. The fraction of sp³-hybridized carbons (Fsp3) is 0.200. The van der Waals surface area contributed by atoms with E-state index in [4.69, 9.17) is 28.9 Å². The van der Waals surface area contributed by atoms with Gasteiger partial charge in [0.15, 0.2) is 12.1 Å². The summed E-state index contributed by atoms with van der Waals surface area (Å²) >= 11 is 0. The monoisotopic (exact) mass is 1160 g/mol. The summed E-state index contributed by atoms with van der Waals surface area (Å²) in [6.45, 7) is 6.70. The molecule has 17 heteroatoms. The first-order valence-electron chi connectivity index (χ1n) is 29.2. The molecule has 0 saturated carbocycles. The Labute approximate surface area is 500 Å². The van der Waals surface area contributed by atoms with Crippen molar-refractivity contribution in [1.82, 2.24) is 19.9 Å². The minimum Gasteiger partial charge on any atom is -0.464 e. The second-order valence-corrected chi connectivity index (χ2v) is 21.3. The van der Waals surface area contributed by atoms with Crippen LogP contribution >= 0.6 is 0 Å². The number of rotatable bonds is 15. The third-order valence-electron chi connectivity index (χ3n) is 16.4. The zero-order chi connectivity index (χ0) is 60.0. The van der Waals surface area contributed by atoms with Gasteiger partial charge >= 0.3 is 23.9 Å². The number of hydrogen-bond donors (Lipinski definition) is 2. The van der Waals surface area contributed by atoms with E-state index in [2.05, 4.69) is 70.7 Å². The van der Waals surface area contributed by atoms with Crippen LogP contribution in [0.2, 0.25) is 0 Å². The van der Waals surface area contributed by atoms with E-state index in [9.17, 15) is 19.2 Å². The summed E-state index contributed by atoms with van der Waals surface area (Å²) in [6, 6.07) is 47.4. The highest BCUT2D eigenvalue weighted by molar-refractivity contribution is 6.25. The third-order valence-corrected chi connectivity index (χ3v) is 16.4. The van der Waals surface area contributed by atoms with E-state index < -0.39 is 71.7 Å².